The van der Waals surface area contributed by atoms with Crippen LogP contribution in [0.4, 0.5) is 0 Å². The van der Waals surface area contributed by atoms with Gasteiger partial charge in [0.15, 0.2) is 0 Å². The van der Waals surface area contributed by atoms with Gasteiger partial charge in [-0.25, -0.2) is 0 Å². The molecular weight excluding hydrogens is 326 g/mol. The van der Waals surface area contributed by atoms with Crippen LogP contribution in [-0.2, 0) is 14.3 Å². The molecule has 1 heterocycles. The molecule has 2 rings (SSSR count). The van der Waals surface area contributed by atoms with Crippen LogP contribution in [0.5, 0.6) is 0 Å². The Labute approximate surface area is 158 Å². The van der Waals surface area contributed by atoms with Gasteiger partial charge in [-0.15, -0.1) is 6.58 Å². The molecular formula is C22H33NO3. The van der Waals surface area contributed by atoms with Gasteiger partial charge in [0.2, 0.25) is 5.79 Å². The van der Waals surface area contributed by atoms with Crippen molar-refractivity contribution in [1.82, 2.24) is 5.06 Å². The Kier molecular flexibility index (Phi) is 6.33. The number of ether oxygens (including phenoxy) is 2. The van der Waals surface area contributed by atoms with Crippen LogP contribution in [0.1, 0.15) is 59.1 Å². The van der Waals surface area contributed by atoms with Crippen LogP contribution in [0.15, 0.2) is 55.8 Å². The van der Waals surface area contributed by atoms with E-state index in [2.05, 4.69) is 65.0 Å². The van der Waals surface area contributed by atoms with E-state index in [1.807, 2.05) is 18.2 Å². The van der Waals surface area contributed by atoms with Crippen LogP contribution in [0.2, 0.25) is 0 Å². The Morgan fingerprint density at radius 1 is 1.08 bits per heavy atom. The fourth-order valence-corrected chi connectivity index (χ4v) is 4.15. The first-order valence-corrected chi connectivity index (χ1v) is 9.21. The van der Waals surface area contributed by atoms with Crippen molar-refractivity contribution in [2.75, 3.05) is 6.61 Å². The molecule has 1 aromatic carbocycles. The third kappa shape index (κ3) is 4.56. The van der Waals surface area contributed by atoms with E-state index in [9.17, 15) is 0 Å². The van der Waals surface area contributed by atoms with E-state index in [4.69, 9.17) is 14.3 Å². The van der Waals surface area contributed by atoms with Crippen LogP contribution < -0.4 is 0 Å². The number of hydroxylamine groups is 2. The minimum Gasteiger partial charge on any atom is -0.470 e. The highest BCUT2D eigenvalue weighted by Crippen LogP contribution is 2.47. The highest BCUT2D eigenvalue weighted by atomic mass is 16.7. The van der Waals surface area contributed by atoms with Crippen molar-refractivity contribution in [2.24, 2.45) is 0 Å². The van der Waals surface area contributed by atoms with Crippen molar-refractivity contribution < 1.29 is 14.3 Å². The Morgan fingerprint density at radius 3 is 2.15 bits per heavy atom. The van der Waals surface area contributed by atoms with Crippen LogP contribution in [0.25, 0.3) is 0 Å². The summed E-state index contributed by atoms with van der Waals surface area (Å²) >= 11 is 0. The SMILES string of the molecule is C=CCOC1(OC=C)CC(C)(C)N(OC(C)c2ccccc2)C(C)(C)C1. The molecule has 26 heavy (non-hydrogen) atoms. The van der Waals surface area contributed by atoms with Gasteiger partial charge in [0.1, 0.15) is 6.10 Å². The van der Waals surface area contributed by atoms with Gasteiger partial charge in [-0.05, 0) is 40.2 Å². The Balaban J connectivity index is 2.26. The minimum atomic E-state index is -0.737. The van der Waals surface area contributed by atoms with Gasteiger partial charge in [0.05, 0.1) is 12.9 Å². The molecule has 1 unspecified atom stereocenters. The maximum absolute atomic E-state index is 6.46. The van der Waals surface area contributed by atoms with Crippen molar-refractivity contribution in [3.63, 3.8) is 0 Å². The lowest BCUT2D eigenvalue weighted by molar-refractivity contribution is -0.358. The van der Waals surface area contributed by atoms with E-state index in [1.54, 1.807) is 6.08 Å². The number of benzene rings is 1. The van der Waals surface area contributed by atoms with Crippen LogP contribution in [-0.4, -0.2) is 28.5 Å². The average Bonchev–Trinajstić information content (AvgIpc) is 2.56. The van der Waals surface area contributed by atoms with Gasteiger partial charge in [-0.3, -0.25) is 4.84 Å². The molecule has 1 saturated heterocycles. The normalized spacial score (nSPS) is 22.3. The van der Waals surface area contributed by atoms with Gasteiger partial charge >= 0.3 is 0 Å². The number of hydrogen-bond acceptors (Lipinski definition) is 4. The van der Waals surface area contributed by atoms with E-state index in [0.717, 1.165) is 5.56 Å². The zero-order valence-electron chi connectivity index (χ0n) is 16.8. The molecule has 0 aromatic heterocycles. The van der Waals surface area contributed by atoms with E-state index < -0.39 is 5.79 Å². The molecule has 1 fully saturated rings. The van der Waals surface area contributed by atoms with Gasteiger partial charge in [0, 0.05) is 23.9 Å². The quantitative estimate of drug-likeness (QED) is 0.354. The Morgan fingerprint density at radius 2 is 1.65 bits per heavy atom. The van der Waals surface area contributed by atoms with Crippen molar-refractivity contribution in [1.29, 1.82) is 0 Å². The van der Waals surface area contributed by atoms with Crippen LogP contribution >= 0.6 is 0 Å². The van der Waals surface area contributed by atoms with E-state index in [-0.39, 0.29) is 17.2 Å². The molecule has 0 spiro atoms. The summed E-state index contributed by atoms with van der Waals surface area (Å²) in [5.74, 6) is -0.737. The predicted octanol–water partition coefficient (Wildman–Crippen LogP) is 5.39. The van der Waals surface area contributed by atoms with Gasteiger partial charge in [-0.1, -0.05) is 43.0 Å². The average molecular weight is 360 g/mol. The smallest absolute Gasteiger partial charge is 0.213 e. The monoisotopic (exact) mass is 359 g/mol. The summed E-state index contributed by atoms with van der Waals surface area (Å²) in [4.78, 5) is 6.46. The molecule has 0 aliphatic carbocycles. The molecule has 4 nitrogen and oxygen atoms in total. The second kappa shape index (κ2) is 7.95. The number of piperidine rings is 1. The highest BCUT2D eigenvalue weighted by Gasteiger charge is 2.55. The van der Waals surface area contributed by atoms with Crippen molar-refractivity contribution in [2.45, 2.75) is 70.4 Å². The molecule has 1 atom stereocenters. The standard InChI is InChI=1S/C22H33NO3/c1-8-15-25-22(24-9-2)16-20(4,5)23(21(6,7)17-22)26-18(3)19-13-11-10-12-14-19/h8-14,18H,1-2,15-17H2,3-7H3. The summed E-state index contributed by atoms with van der Waals surface area (Å²) in [6.07, 6.45) is 4.49. The highest BCUT2D eigenvalue weighted by molar-refractivity contribution is 5.17. The Hall–Kier alpha value is -1.62. The molecule has 1 aliphatic rings. The van der Waals surface area contributed by atoms with Crippen molar-refractivity contribution in [3.8, 4) is 0 Å². The summed E-state index contributed by atoms with van der Waals surface area (Å²) < 4.78 is 12.0. The first-order chi connectivity index (χ1) is 12.2. The lowest BCUT2D eigenvalue weighted by atomic mass is 9.78. The van der Waals surface area contributed by atoms with Gasteiger partial charge in [-0.2, -0.15) is 5.06 Å². The zero-order chi connectivity index (χ0) is 19.4. The third-order valence-electron chi connectivity index (χ3n) is 4.80. The molecule has 4 heteroatoms. The molecule has 1 aliphatic heterocycles. The second-order valence-electron chi connectivity index (χ2n) is 8.23. The predicted molar refractivity (Wildman–Crippen MR) is 105 cm³/mol. The minimum absolute atomic E-state index is 0.0448. The van der Waals surface area contributed by atoms with Crippen LogP contribution in [0.3, 0.4) is 0 Å². The molecule has 0 saturated carbocycles. The summed E-state index contributed by atoms with van der Waals surface area (Å²) in [7, 11) is 0. The number of hydrogen-bond donors (Lipinski definition) is 0. The largest absolute Gasteiger partial charge is 0.470 e. The molecule has 0 bridgehead atoms. The molecule has 0 N–H and O–H groups in total. The van der Waals surface area contributed by atoms with E-state index in [1.165, 1.54) is 6.26 Å². The lowest BCUT2D eigenvalue weighted by Gasteiger charge is -2.57. The van der Waals surface area contributed by atoms with Crippen molar-refractivity contribution in [3.05, 3.63) is 61.4 Å². The molecule has 0 amide bonds. The van der Waals surface area contributed by atoms with Crippen LogP contribution in [0, 0.1) is 0 Å². The number of nitrogens with zero attached hydrogens (tertiary/aromatic N) is 1. The van der Waals surface area contributed by atoms with E-state index in [0.29, 0.717) is 19.4 Å². The lowest BCUT2D eigenvalue weighted by Crippen LogP contribution is -2.66. The maximum atomic E-state index is 6.46. The maximum Gasteiger partial charge on any atom is 0.213 e. The van der Waals surface area contributed by atoms with E-state index >= 15 is 0 Å². The third-order valence-corrected chi connectivity index (χ3v) is 4.80. The first-order valence-electron chi connectivity index (χ1n) is 9.21. The summed E-state index contributed by atoms with van der Waals surface area (Å²) in [5.41, 5.74) is 0.561. The summed E-state index contributed by atoms with van der Waals surface area (Å²) in [5, 5.41) is 2.11. The molecule has 0 radical (unpaired) electrons. The van der Waals surface area contributed by atoms with Gasteiger partial charge in [0.25, 0.3) is 0 Å². The number of rotatable bonds is 8. The molecule has 144 valence electrons. The zero-order valence-corrected chi connectivity index (χ0v) is 16.8. The molecule has 1 aromatic rings. The summed E-state index contributed by atoms with van der Waals surface area (Å²) in [6, 6.07) is 10.3. The summed E-state index contributed by atoms with van der Waals surface area (Å²) in [6.45, 7) is 18.6. The van der Waals surface area contributed by atoms with Gasteiger partial charge < -0.3 is 9.47 Å². The topological polar surface area (TPSA) is 30.9 Å². The second-order valence-corrected chi connectivity index (χ2v) is 8.23. The first kappa shape index (κ1) is 20.7. The fourth-order valence-electron chi connectivity index (χ4n) is 4.15. The fraction of sp³-hybridized carbons (Fsp3) is 0.545. The van der Waals surface area contributed by atoms with Crippen molar-refractivity contribution >= 4 is 0 Å². The Bertz CT molecular complexity index is 591.